The fraction of sp³-hybridized carbons (Fsp3) is 0.0833. The Morgan fingerprint density at radius 1 is 1.45 bits per heavy atom. The molecule has 0 aliphatic carbocycles. The van der Waals surface area contributed by atoms with Gasteiger partial charge in [0.2, 0.25) is 0 Å². The van der Waals surface area contributed by atoms with Crippen LogP contribution in [0.3, 0.4) is 0 Å². The average molecular weight is 311 g/mol. The van der Waals surface area contributed by atoms with Gasteiger partial charge in [-0.1, -0.05) is 29.2 Å². The Morgan fingerprint density at radius 2 is 2.20 bits per heavy atom. The van der Waals surface area contributed by atoms with Gasteiger partial charge in [-0.3, -0.25) is 10.1 Å². The van der Waals surface area contributed by atoms with Crippen LogP contribution in [0.5, 0.6) is 5.75 Å². The molecule has 2 aromatic rings. The molecule has 0 atom stereocenters. The van der Waals surface area contributed by atoms with Gasteiger partial charge in [0.1, 0.15) is 15.5 Å². The fourth-order valence-electron chi connectivity index (χ4n) is 1.46. The molecule has 104 valence electrons. The molecule has 1 heterocycles. The summed E-state index contributed by atoms with van der Waals surface area (Å²) in [6.45, 7) is 0. The van der Waals surface area contributed by atoms with E-state index in [0.29, 0.717) is 22.0 Å². The second kappa shape index (κ2) is 5.93. The van der Waals surface area contributed by atoms with E-state index in [1.165, 1.54) is 13.2 Å². The summed E-state index contributed by atoms with van der Waals surface area (Å²) >= 11 is 1.79. The maximum absolute atomic E-state index is 11.0. The SMILES string of the molecule is COc1cccc(Sc2cc(C(=O)O)sc2[N+](=O)[O-])c1. The molecule has 0 saturated carbocycles. The van der Waals surface area contributed by atoms with E-state index in [2.05, 4.69) is 0 Å². The van der Waals surface area contributed by atoms with Crippen LogP contribution in [0.2, 0.25) is 0 Å². The van der Waals surface area contributed by atoms with Crippen molar-refractivity contribution in [2.24, 2.45) is 0 Å². The number of ether oxygens (including phenoxy) is 1. The summed E-state index contributed by atoms with van der Waals surface area (Å²) in [4.78, 5) is 22.3. The lowest BCUT2D eigenvalue weighted by Crippen LogP contribution is -1.89. The topological polar surface area (TPSA) is 89.7 Å². The highest BCUT2D eigenvalue weighted by molar-refractivity contribution is 7.99. The van der Waals surface area contributed by atoms with E-state index in [-0.39, 0.29) is 9.88 Å². The summed E-state index contributed by atoms with van der Waals surface area (Å²) in [6.07, 6.45) is 0. The Morgan fingerprint density at radius 3 is 2.80 bits per heavy atom. The lowest BCUT2D eigenvalue weighted by atomic mass is 10.3. The summed E-state index contributed by atoms with van der Waals surface area (Å²) in [5.41, 5.74) is 0. The quantitative estimate of drug-likeness (QED) is 0.671. The summed E-state index contributed by atoms with van der Waals surface area (Å²) in [5.74, 6) is -0.540. The second-order valence-electron chi connectivity index (χ2n) is 3.62. The summed E-state index contributed by atoms with van der Waals surface area (Å²) in [7, 11) is 1.53. The molecule has 6 nitrogen and oxygen atoms in total. The predicted molar refractivity (Wildman–Crippen MR) is 75.0 cm³/mol. The smallest absolute Gasteiger partial charge is 0.346 e. The fourth-order valence-corrected chi connectivity index (χ4v) is 3.41. The van der Waals surface area contributed by atoms with Crippen molar-refractivity contribution in [2.75, 3.05) is 7.11 Å². The van der Waals surface area contributed by atoms with E-state index in [1.807, 2.05) is 0 Å². The number of benzene rings is 1. The van der Waals surface area contributed by atoms with E-state index in [1.54, 1.807) is 24.3 Å². The van der Waals surface area contributed by atoms with Gasteiger partial charge in [-0.25, -0.2) is 4.79 Å². The number of carbonyl (C=O) groups is 1. The Kier molecular flexibility index (Phi) is 4.26. The Bertz CT molecular complexity index is 668. The number of aromatic carboxylic acids is 1. The molecule has 1 aromatic heterocycles. The predicted octanol–water partition coefficient (Wildman–Crippen LogP) is 3.51. The standard InChI is InChI=1S/C12H9NO5S2/c1-18-7-3-2-4-8(5-7)19-9-6-10(12(14)15)20-11(9)13(16)17/h2-6H,1H3,(H,14,15). The first-order valence-corrected chi connectivity index (χ1v) is 6.98. The minimum absolute atomic E-state index is 0.0536. The van der Waals surface area contributed by atoms with Crippen molar-refractivity contribution in [3.05, 3.63) is 45.3 Å². The number of hydrogen-bond donors (Lipinski definition) is 1. The zero-order valence-corrected chi connectivity index (χ0v) is 11.9. The highest BCUT2D eigenvalue weighted by Gasteiger charge is 2.23. The number of nitrogens with zero attached hydrogens (tertiary/aromatic N) is 1. The maximum Gasteiger partial charge on any atom is 0.346 e. The molecule has 8 heteroatoms. The molecule has 1 N–H and O–H groups in total. The lowest BCUT2D eigenvalue weighted by Gasteiger charge is -2.02. The first kappa shape index (κ1) is 14.4. The van der Waals surface area contributed by atoms with E-state index in [9.17, 15) is 14.9 Å². The van der Waals surface area contributed by atoms with Crippen molar-refractivity contribution < 1.29 is 19.6 Å². The summed E-state index contributed by atoms with van der Waals surface area (Å²) in [6, 6.07) is 8.34. The van der Waals surface area contributed by atoms with Crippen LogP contribution in [0, 0.1) is 10.1 Å². The molecule has 0 saturated heterocycles. The first-order chi connectivity index (χ1) is 9.51. The van der Waals surface area contributed by atoms with Gasteiger partial charge in [0.15, 0.2) is 0 Å². The third kappa shape index (κ3) is 3.09. The van der Waals surface area contributed by atoms with Crippen molar-refractivity contribution in [3.63, 3.8) is 0 Å². The molecule has 1 aromatic carbocycles. The minimum Gasteiger partial charge on any atom is -0.497 e. The van der Waals surface area contributed by atoms with Crippen molar-refractivity contribution in [1.29, 1.82) is 0 Å². The van der Waals surface area contributed by atoms with Gasteiger partial charge in [0, 0.05) is 4.90 Å². The monoisotopic (exact) mass is 311 g/mol. The molecule has 20 heavy (non-hydrogen) atoms. The van der Waals surface area contributed by atoms with Crippen LogP contribution >= 0.6 is 23.1 Å². The van der Waals surface area contributed by atoms with Gasteiger partial charge < -0.3 is 9.84 Å². The Balaban J connectivity index is 2.36. The number of carboxylic acids is 1. The minimum atomic E-state index is -1.17. The van der Waals surface area contributed by atoms with E-state index in [0.717, 1.165) is 16.7 Å². The van der Waals surface area contributed by atoms with E-state index >= 15 is 0 Å². The van der Waals surface area contributed by atoms with Gasteiger partial charge in [-0.2, -0.15) is 0 Å². The van der Waals surface area contributed by atoms with Crippen LogP contribution in [0.1, 0.15) is 9.67 Å². The van der Waals surface area contributed by atoms with Gasteiger partial charge in [0.25, 0.3) is 0 Å². The van der Waals surface area contributed by atoms with Gasteiger partial charge in [-0.05, 0) is 24.3 Å². The van der Waals surface area contributed by atoms with Crippen molar-refractivity contribution in [1.82, 2.24) is 0 Å². The average Bonchev–Trinajstić information content (AvgIpc) is 2.83. The zero-order valence-electron chi connectivity index (χ0n) is 10.2. The molecular formula is C12H9NO5S2. The third-order valence-corrected chi connectivity index (χ3v) is 4.55. The number of carboxylic acid groups (broad SMARTS) is 1. The molecule has 0 unspecified atom stereocenters. The summed E-state index contributed by atoms with van der Waals surface area (Å²) < 4.78 is 5.07. The number of rotatable bonds is 5. The molecule has 0 radical (unpaired) electrons. The third-order valence-electron chi connectivity index (χ3n) is 2.33. The highest BCUT2D eigenvalue weighted by Crippen LogP contribution is 2.41. The number of thiophene rings is 1. The van der Waals surface area contributed by atoms with Crippen molar-refractivity contribution in [2.45, 2.75) is 9.79 Å². The van der Waals surface area contributed by atoms with E-state index < -0.39 is 10.9 Å². The largest absolute Gasteiger partial charge is 0.497 e. The number of nitro groups is 1. The van der Waals surface area contributed by atoms with Crippen LogP contribution in [0.15, 0.2) is 40.1 Å². The zero-order chi connectivity index (χ0) is 14.7. The van der Waals surface area contributed by atoms with Crippen molar-refractivity contribution in [3.8, 4) is 5.75 Å². The van der Waals surface area contributed by atoms with Gasteiger partial charge in [-0.15, -0.1) is 0 Å². The molecule has 0 spiro atoms. The molecule has 0 aliphatic heterocycles. The number of methoxy groups -OCH3 is 1. The molecule has 2 rings (SSSR count). The Labute approximate surface area is 122 Å². The number of hydrogen-bond acceptors (Lipinski definition) is 6. The van der Waals surface area contributed by atoms with Crippen LogP contribution in [0.25, 0.3) is 0 Å². The van der Waals surface area contributed by atoms with Crippen LogP contribution in [0.4, 0.5) is 5.00 Å². The molecule has 0 amide bonds. The first-order valence-electron chi connectivity index (χ1n) is 5.34. The Hall–Kier alpha value is -2.06. The molecule has 0 aliphatic rings. The highest BCUT2D eigenvalue weighted by atomic mass is 32.2. The normalized spacial score (nSPS) is 10.2. The van der Waals surface area contributed by atoms with Crippen LogP contribution in [-0.4, -0.2) is 23.1 Å². The summed E-state index contributed by atoms with van der Waals surface area (Å²) in [5, 5.41) is 19.7. The molecule has 0 fully saturated rings. The van der Waals surface area contributed by atoms with Crippen LogP contribution < -0.4 is 4.74 Å². The van der Waals surface area contributed by atoms with E-state index in [4.69, 9.17) is 9.84 Å². The van der Waals surface area contributed by atoms with Gasteiger partial charge >= 0.3 is 11.0 Å². The van der Waals surface area contributed by atoms with Crippen molar-refractivity contribution >= 4 is 34.1 Å². The maximum atomic E-state index is 11.0. The molecular weight excluding hydrogens is 302 g/mol. The molecule has 0 bridgehead atoms. The lowest BCUT2D eigenvalue weighted by molar-refractivity contribution is -0.382. The van der Waals surface area contributed by atoms with Crippen LogP contribution in [-0.2, 0) is 0 Å². The van der Waals surface area contributed by atoms with Gasteiger partial charge in [0.05, 0.1) is 12.0 Å². The second-order valence-corrected chi connectivity index (χ2v) is 5.77.